The Morgan fingerprint density at radius 1 is 1.32 bits per heavy atom. The van der Waals surface area contributed by atoms with Crippen molar-refractivity contribution in [1.29, 1.82) is 0 Å². The predicted molar refractivity (Wildman–Crippen MR) is 82.6 cm³/mol. The second-order valence-electron chi connectivity index (χ2n) is 6.67. The molecule has 1 saturated heterocycles. The third kappa shape index (κ3) is 3.44. The first-order chi connectivity index (χ1) is 10.5. The Hall–Kier alpha value is -1.95. The Balaban J connectivity index is 1.55. The Kier molecular flexibility index (Phi) is 4.11. The van der Waals surface area contributed by atoms with Gasteiger partial charge in [-0.1, -0.05) is 20.8 Å². The van der Waals surface area contributed by atoms with Crippen LogP contribution >= 0.6 is 0 Å². The molecular formula is C16H22N4O2. The van der Waals surface area contributed by atoms with Crippen molar-refractivity contribution in [3.05, 3.63) is 36.0 Å². The fourth-order valence-electron chi connectivity index (χ4n) is 2.39. The topological polar surface area (TPSA) is 64.3 Å². The van der Waals surface area contributed by atoms with Crippen molar-refractivity contribution in [3.8, 4) is 0 Å². The lowest BCUT2D eigenvalue weighted by molar-refractivity contribution is 0.0552. The molecular weight excluding hydrogens is 280 g/mol. The lowest BCUT2D eigenvalue weighted by Crippen LogP contribution is -2.24. The van der Waals surface area contributed by atoms with Gasteiger partial charge in [-0.15, -0.1) is 0 Å². The number of hydrogen-bond acceptors (Lipinski definition) is 6. The third-order valence-corrected chi connectivity index (χ3v) is 3.72. The van der Waals surface area contributed by atoms with Gasteiger partial charge in [0.15, 0.2) is 0 Å². The molecule has 3 rings (SSSR count). The van der Waals surface area contributed by atoms with Crippen molar-refractivity contribution in [2.75, 3.05) is 18.0 Å². The normalized spacial score (nSPS) is 18.9. The van der Waals surface area contributed by atoms with Gasteiger partial charge in [0, 0.05) is 30.9 Å². The highest BCUT2D eigenvalue weighted by atomic mass is 16.5. The summed E-state index contributed by atoms with van der Waals surface area (Å²) in [6.45, 7) is 8.50. The molecule has 0 bridgehead atoms. The minimum atomic E-state index is -0.123. The zero-order valence-corrected chi connectivity index (χ0v) is 13.3. The molecule has 1 aliphatic rings. The van der Waals surface area contributed by atoms with Gasteiger partial charge in [-0.2, -0.15) is 4.98 Å². The van der Waals surface area contributed by atoms with Crippen molar-refractivity contribution in [3.63, 3.8) is 0 Å². The number of ether oxygens (including phenoxy) is 1. The third-order valence-electron chi connectivity index (χ3n) is 3.72. The maximum atomic E-state index is 5.96. The van der Waals surface area contributed by atoms with Gasteiger partial charge in [0.2, 0.25) is 5.89 Å². The number of aromatic nitrogens is 3. The minimum absolute atomic E-state index is 0.123. The average molecular weight is 302 g/mol. The van der Waals surface area contributed by atoms with Crippen LogP contribution in [-0.2, 0) is 16.8 Å². The summed E-state index contributed by atoms with van der Waals surface area (Å²) in [5.74, 6) is 1.34. The number of anilines is 1. The van der Waals surface area contributed by atoms with E-state index in [9.17, 15) is 0 Å². The van der Waals surface area contributed by atoms with Crippen LogP contribution in [-0.4, -0.2) is 34.3 Å². The van der Waals surface area contributed by atoms with Crippen molar-refractivity contribution < 1.29 is 9.26 Å². The Morgan fingerprint density at radius 3 is 2.77 bits per heavy atom. The van der Waals surface area contributed by atoms with Crippen molar-refractivity contribution in [2.45, 2.75) is 45.3 Å². The molecule has 0 saturated carbocycles. The van der Waals surface area contributed by atoms with Crippen LogP contribution in [0.15, 0.2) is 29.0 Å². The molecule has 118 valence electrons. The standard InChI is InChI=1S/C16H22N4O2/c1-16(2,3)14-18-15(19-22-14)20-9-6-13(10-20)21-11-12-4-7-17-8-5-12/h4-5,7-8,13H,6,9-11H2,1-3H3. The van der Waals surface area contributed by atoms with E-state index in [1.807, 2.05) is 12.1 Å². The lowest BCUT2D eigenvalue weighted by atomic mass is 9.97. The largest absolute Gasteiger partial charge is 0.372 e. The molecule has 6 heteroatoms. The SMILES string of the molecule is CC(C)(C)c1nc(N2CCC(OCc3ccncc3)C2)no1. The molecule has 1 unspecified atom stereocenters. The number of rotatable bonds is 4. The first-order valence-electron chi connectivity index (χ1n) is 7.62. The van der Waals surface area contributed by atoms with Gasteiger partial charge in [-0.25, -0.2) is 0 Å². The van der Waals surface area contributed by atoms with Crippen LogP contribution in [0, 0.1) is 0 Å². The summed E-state index contributed by atoms with van der Waals surface area (Å²) in [4.78, 5) is 10.6. The average Bonchev–Trinajstić information content (AvgIpc) is 3.14. The molecule has 0 spiro atoms. The maximum absolute atomic E-state index is 5.96. The van der Waals surface area contributed by atoms with Gasteiger partial charge in [-0.05, 0) is 29.3 Å². The van der Waals surface area contributed by atoms with Crippen LogP contribution in [0.4, 0.5) is 5.95 Å². The summed E-state index contributed by atoms with van der Waals surface area (Å²) in [6, 6.07) is 3.95. The Labute approximate surface area is 130 Å². The lowest BCUT2D eigenvalue weighted by Gasteiger charge is -2.14. The summed E-state index contributed by atoms with van der Waals surface area (Å²) in [7, 11) is 0. The molecule has 0 amide bonds. The molecule has 22 heavy (non-hydrogen) atoms. The van der Waals surface area contributed by atoms with Crippen LogP contribution in [0.1, 0.15) is 38.6 Å². The van der Waals surface area contributed by atoms with Crippen LogP contribution in [0.3, 0.4) is 0 Å². The molecule has 0 N–H and O–H groups in total. The molecule has 0 aromatic carbocycles. The number of pyridine rings is 1. The van der Waals surface area contributed by atoms with E-state index in [0.29, 0.717) is 18.4 Å². The molecule has 2 aromatic heterocycles. The first kappa shape index (κ1) is 15.0. The smallest absolute Gasteiger partial charge is 0.266 e. The maximum Gasteiger partial charge on any atom is 0.266 e. The van der Waals surface area contributed by atoms with Crippen LogP contribution in [0.5, 0.6) is 0 Å². The van der Waals surface area contributed by atoms with Crippen LogP contribution < -0.4 is 4.90 Å². The molecule has 1 fully saturated rings. The zero-order valence-electron chi connectivity index (χ0n) is 13.3. The monoisotopic (exact) mass is 302 g/mol. The molecule has 0 aliphatic carbocycles. The molecule has 0 radical (unpaired) electrons. The molecule has 1 aliphatic heterocycles. The summed E-state index contributed by atoms with van der Waals surface area (Å²) in [6.07, 6.45) is 4.74. The van der Waals surface area contributed by atoms with E-state index in [2.05, 4.69) is 40.8 Å². The summed E-state index contributed by atoms with van der Waals surface area (Å²) < 4.78 is 11.3. The quantitative estimate of drug-likeness (QED) is 0.865. The highest BCUT2D eigenvalue weighted by Gasteiger charge is 2.29. The van der Waals surface area contributed by atoms with E-state index in [0.717, 1.165) is 25.1 Å². The fraction of sp³-hybridized carbons (Fsp3) is 0.562. The second-order valence-corrected chi connectivity index (χ2v) is 6.67. The van der Waals surface area contributed by atoms with Crippen molar-refractivity contribution in [1.82, 2.24) is 15.1 Å². The predicted octanol–water partition coefficient (Wildman–Crippen LogP) is 2.56. The molecule has 6 nitrogen and oxygen atoms in total. The molecule has 3 heterocycles. The summed E-state index contributed by atoms with van der Waals surface area (Å²) >= 11 is 0. The summed E-state index contributed by atoms with van der Waals surface area (Å²) in [5.41, 5.74) is 1.02. The van der Waals surface area contributed by atoms with Gasteiger partial charge in [0.25, 0.3) is 5.95 Å². The molecule has 2 aromatic rings. The van der Waals surface area contributed by atoms with Crippen molar-refractivity contribution in [2.24, 2.45) is 0 Å². The van der Waals surface area contributed by atoms with E-state index in [-0.39, 0.29) is 11.5 Å². The van der Waals surface area contributed by atoms with Gasteiger partial charge < -0.3 is 14.2 Å². The second kappa shape index (κ2) is 6.04. The van der Waals surface area contributed by atoms with Crippen molar-refractivity contribution >= 4 is 5.95 Å². The first-order valence-corrected chi connectivity index (χ1v) is 7.62. The van der Waals surface area contributed by atoms with E-state index in [1.165, 1.54) is 0 Å². The molecule has 1 atom stereocenters. The van der Waals surface area contributed by atoms with Gasteiger partial charge in [0.05, 0.1) is 12.7 Å². The highest BCUT2D eigenvalue weighted by molar-refractivity contribution is 5.30. The van der Waals surface area contributed by atoms with Gasteiger partial charge in [0.1, 0.15) is 0 Å². The van der Waals surface area contributed by atoms with E-state index in [1.54, 1.807) is 12.4 Å². The fourth-order valence-corrected chi connectivity index (χ4v) is 2.39. The summed E-state index contributed by atoms with van der Waals surface area (Å²) in [5, 5.41) is 4.09. The van der Waals surface area contributed by atoms with Crippen LogP contribution in [0.25, 0.3) is 0 Å². The van der Waals surface area contributed by atoms with Gasteiger partial charge in [-0.3, -0.25) is 4.98 Å². The van der Waals surface area contributed by atoms with E-state index >= 15 is 0 Å². The Morgan fingerprint density at radius 2 is 2.09 bits per heavy atom. The van der Waals surface area contributed by atoms with E-state index < -0.39 is 0 Å². The van der Waals surface area contributed by atoms with E-state index in [4.69, 9.17) is 9.26 Å². The van der Waals surface area contributed by atoms with Crippen LogP contribution in [0.2, 0.25) is 0 Å². The minimum Gasteiger partial charge on any atom is -0.372 e. The highest BCUT2D eigenvalue weighted by Crippen LogP contribution is 2.25. The Bertz CT molecular complexity index is 606. The number of hydrogen-bond donors (Lipinski definition) is 0. The number of nitrogens with zero attached hydrogens (tertiary/aromatic N) is 4. The van der Waals surface area contributed by atoms with Gasteiger partial charge >= 0.3 is 0 Å². The zero-order chi connectivity index (χ0) is 15.6.